The molecular formula is C15H13BrClFO3. The molecule has 0 heterocycles. The van der Waals surface area contributed by atoms with Crippen LogP contribution in [0.5, 0.6) is 11.5 Å². The largest absolute Gasteiger partial charge is 0.497 e. The van der Waals surface area contributed by atoms with Gasteiger partial charge in [0, 0.05) is 16.1 Å². The van der Waals surface area contributed by atoms with Gasteiger partial charge in [-0.1, -0.05) is 17.7 Å². The van der Waals surface area contributed by atoms with E-state index in [0.717, 1.165) is 0 Å². The van der Waals surface area contributed by atoms with Crippen molar-refractivity contribution in [1.82, 2.24) is 0 Å². The molecule has 0 aliphatic heterocycles. The van der Waals surface area contributed by atoms with Gasteiger partial charge in [0.25, 0.3) is 0 Å². The summed E-state index contributed by atoms with van der Waals surface area (Å²) in [6, 6.07) is 7.95. The average Bonchev–Trinajstić information content (AvgIpc) is 2.51. The number of methoxy groups -OCH3 is 2. The number of hydrogen-bond donors (Lipinski definition) is 1. The van der Waals surface area contributed by atoms with Crippen LogP contribution in [0.1, 0.15) is 17.2 Å². The highest BCUT2D eigenvalue weighted by Crippen LogP contribution is 2.35. The Hall–Kier alpha value is -1.30. The maximum atomic E-state index is 14.2. The molecule has 112 valence electrons. The summed E-state index contributed by atoms with van der Waals surface area (Å²) in [5, 5.41) is 10.3. The fourth-order valence-corrected chi connectivity index (χ4v) is 2.40. The van der Waals surface area contributed by atoms with Gasteiger partial charge in [0.15, 0.2) is 0 Å². The van der Waals surface area contributed by atoms with Crippen molar-refractivity contribution in [2.45, 2.75) is 6.10 Å². The van der Waals surface area contributed by atoms with Gasteiger partial charge in [0.2, 0.25) is 0 Å². The molecule has 0 spiro atoms. The average molecular weight is 376 g/mol. The van der Waals surface area contributed by atoms with Gasteiger partial charge in [0.1, 0.15) is 23.4 Å². The zero-order valence-electron chi connectivity index (χ0n) is 11.4. The highest BCUT2D eigenvalue weighted by atomic mass is 79.9. The summed E-state index contributed by atoms with van der Waals surface area (Å²) in [5.74, 6) is 0.347. The zero-order valence-corrected chi connectivity index (χ0v) is 13.7. The van der Waals surface area contributed by atoms with Crippen LogP contribution in [0.25, 0.3) is 0 Å². The second-order valence-corrected chi connectivity index (χ2v) is 5.55. The van der Waals surface area contributed by atoms with Gasteiger partial charge in [-0.3, -0.25) is 0 Å². The van der Waals surface area contributed by atoms with Crippen LogP contribution in [0.3, 0.4) is 0 Å². The molecule has 2 aromatic carbocycles. The Morgan fingerprint density at radius 2 is 1.71 bits per heavy atom. The van der Waals surface area contributed by atoms with Crippen molar-refractivity contribution in [1.29, 1.82) is 0 Å². The highest BCUT2D eigenvalue weighted by molar-refractivity contribution is 9.10. The normalized spacial score (nSPS) is 12.1. The van der Waals surface area contributed by atoms with Gasteiger partial charge < -0.3 is 14.6 Å². The zero-order chi connectivity index (χ0) is 15.6. The predicted octanol–water partition coefficient (Wildman–Crippen LogP) is 4.34. The predicted molar refractivity (Wildman–Crippen MR) is 82.7 cm³/mol. The monoisotopic (exact) mass is 374 g/mol. The standard InChI is InChI=1S/C15H13BrClFO3/c1-20-9-5-8(6-10(7-9)21-2)15(19)11-3-4-12(16)13(17)14(11)18/h3-7,15,19H,1-2H3. The Balaban J connectivity index is 2.49. The third kappa shape index (κ3) is 3.31. The minimum Gasteiger partial charge on any atom is -0.497 e. The Kier molecular flexibility index (Phi) is 5.08. The highest BCUT2D eigenvalue weighted by Gasteiger charge is 2.20. The van der Waals surface area contributed by atoms with E-state index in [4.69, 9.17) is 21.1 Å². The molecule has 21 heavy (non-hydrogen) atoms. The van der Waals surface area contributed by atoms with Gasteiger partial charge >= 0.3 is 0 Å². The molecule has 0 aliphatic carbocycles. The van der Waals surface area contributed by atoms with Crippen molar-refractivity contribution in [3.8, 4) is 11.5 Å². The number of rotatable bonds is 4. The molecule has 0 amide bonds. The summed E-state index contributed by atoms with van der Waals surface area (Å²) >= 11 is 8.99. The third-order valence-corrected chi connectivity index (χ3v) is 4.31. The minimum absolute atomic E-state index is 0.0681. The van der Waals surface area contributed by atoms with Gasteiger partial charge in [-0.05, 0) is 39.7 Å². The molecular weight excluding hydrogens is 363 g/mol. The summed E-state index contributed by atoms with van der Waals surface area (Å²) in [7, 11) is 3.00. The van der Waals surface area contributed by atoms with Gasteiger partial charge in [-0.2, -0.15) is 0 Å². The van der Waals surface area contributed by atoms with E-state index < -0.39 is 11.9 Å². The number of aliphatic hydroxyl groups excluding tert-OH is 1. The van der Waals surface area contributed by atoms with E-state index in [2.05, 4.69) is 15.9 Å². The molecule has 1 N–H and O–H groups in total. The smallest absolute Gasteiger partial charge is 0.149 e. The second kappa shape index (κ2) is 6.64. The molecule has 0 bridgehead atoms. The summed E-state index contributed by atoms with van der Waals surface area (Å²) in [4.78, 5) is 0. The Bertz CT molecular complexity index is 641. The molecule has 0 fully saturated rings. The maximum Gasteiger partial charge on any atom is 0.149 e. The summed E-state index contributed by atoms with van der Waals surface area (Å²) in [6.07, 6.45) is -1.18. The lowest BCUT2D eigenvalue weighted by molar-refractivity contribution is 0.214. The minimum atomic E-state index is -1.18. The Labute approximate surface area is 135 Å². The van der Waals surface area contributed by atoms with Crippen LogP contribution in [0, 0.1) is 5.82 Å². The molecule has 0 aromatic heterocycles. The molecule has 6 heteroatoms. The van der Waals surface area contributed by atoms with Crippen molar-refractivity contribution in [2.24, 2.45) is 0 Å². The second-order valence-electron chi connectivity index (χ2n) is 4.31. The van der Waals surface area contributed by atoms with E-state index in [1.54, 1.807) is 24.3 Å². The van der Waals surface area contributed by atoms with E-state index in [1.807, 2.05) is 0 Å². The van der Waals surface area contributed by atoms with E-state index >= 15 is 0 Å². The number of benzene rings is 2. The van der Waals surface area contributed by atoms with Crippen molar-refractivity contribution in [3.63, 3.8) is 0 Å². The van der Waals surface area contributed by atoms with Crippen LogP contribution >= 0.6 is 27.5 Å². The van der Waals surface area contributed by atoms with Crippen molar-refractivity contribution >= 4 is 27.5 Å². The first-order valence-electron chi connectivity index (χ1n) is 6.02. The molecule has 1 unspecified atom stereocenters. The van der Waals surface area contributed by atoms with Crippen LogP contribution in [-0.4, -0.2) is 19.3 Å². The van der Waals surface area contributed by atoms with Crippen LogP contribution in [0.4, 0.5) is 4.39 Å². The van der Waals surface area contributed by atoms with Crippen LogP contribution in [0.2, 0.25) is 5.02 Å². The first-order valence-corrected chi connectivity index (χ1v) is 7.19. The first-order chi connectivity index (χ1) is 9.97. The summed E-state index contributed by atoms with van der Waals surface area (Å²) < 4.78 is 24.9. The number of ether oxygens (including phenoxy) is 2. The molecule has 2 rings (SSSR count). The quantitative estimate of drug-likeness (QED) is 0.808. The van der Waals surface area contributed by atoms with Gasteiger partial charge in [-0.15, -0.1) is 0 Å². The van der Waals surface area contributed by atoms with E-state index in [9.17, 15) is 9.50 Å². The molecule has 1 atom stereocenters. The number of hydrogen-bond acceptors (Lipinski definition) is 3. The lowest BCUT2D eigenvalue weighted by Gasteiger charge is -2.16. The Morgan fingerprint density at radius 3 is 2.24 bits per heavy atom. The molecule has 3 nitrogen and oxygen atoms in total. The van der Waals surface area contributed by atoms with Crippen LogP contribution in [0.15, 0.2) is 34.8 Å². The fourth-order valence-electron chi connectivity index (χ4n) is 1.92. The van der Waals surface area contributed by atoms with Crippen molar-refractivity contribution in [2.75, 3.05) is 14.2 Å². The lowest BCUT2D eigenvalue weighted by atomic mass is 10.0. The lowest BCUT2D eigenvalue weighted by Crippen LogP contribution is -2.04. The molecule has 0 radical (unpaired) electrons. The van der Waals surface area contributed by atoms with Gasteiger partial charge in [0.05, 0.1) is 19.2 Å². The number of halogens is 3. The molecule has 0 saturated carbocycles. The van der Waals surface area contributed by atoms with Crippen molar-refractivity contribution in [3.05, 3.63) is 56.8 Å². The maximum absolute atomic E-state index is 14.2. The Morgan fingerprint density at radius 1 is 1.14 bits per heavy atom. The fraction of sp³-hybridized carbons (Fsp3) is 0.200. The van der Waals surface area contributed by atoms with Gasteiger partial charge in [-0.25, -0.2) is 4.39 Å². The van der Waals surface area contributed by atoms with E-state index in [-0.39, 0.29) is 10.6 Å². The van der Waals surface area contributed by atoms with E-state index in [0.29, 0.717) is 21.5 Å². The topological polar surface area (TPSA) is 38.7 Å². The van der Waals surface area contributed by atoms with E-state index in [1.165, 1.54) is 20.3 Å². The summed E-state index contributed by atoms with van der Waals surface area (Å²) in [6.45, 7) is 0. The summed E-state index contributed by atoms with van der Waals surface area (Å²) in [5.41, 5.74) is 0.530. The third-order valence-electron chi connectivity index (χ3n) is 3.05. The molecule has 2 aromatic rings. The number of aliphatic hydroxyl groups is 1. The molecule has 0 saturated heterocycles. The SMILES string of the molecule is COc1cc(OC)cc(C(O)c2ccc(Br)c(Cl)c2F)c1. The molecule has 0 aliphatic rings. The first kappa shape index (κ1) is 16.1. The van der Waals surface area contributed by atoms with Crippen LogP contribution < -0.4 is 9.47 Å². The van der Waals surface area contributed by atoms with Crippen molar-refractivity contribution < 1.29 is 19.0 Å². The van der Waals surface area contributed by atoms with Crippen LogP contribution in [-0.2, 0) is 0 Å².